The zero-order chi connectivity index (χ0) is 14.3. The lowest BCUT2D eigenvalue weighted by Gasteiger charge is -2.17. The lowest BCUT2D eigenvalue weighted by atomic mass is 10.1. The highest BCUT2D eigenvalue weighted by Gasteiger charge is 2.10. The lowest BCUT2D eigenvalue weighted by Crippen LogP contribution is -2.28. The second kappa shape index (κ2) is 7.59. The smallest absolute Gasteiger partial charge is 0.224 e. The Bertz CT molecular complexity index is 392. The second-order valence-electron chi connectivity index (χ2n) is 5.66. The molecule has 0 aliphatic rings. The van der Waals surface area contributed by atoms with E-state index in [4.69, 9.17) is 0 Å². The normalized spacial score (nSPS) is 11.4. The summed E-state index contributed by atoms with van der Waals surface area (Å²) >= 11 is 1.87. The minimum absolute atomic E-state index is 0.110. The predicted octanol–water partition coefficient (Wildman–Crippen LogP) is 3.44. The van der Waals surface area contributed by atoms with E-state index in [1.807, 2.05) is 23.9 Å². The van der Waals surface area contributed by atoms with Gasteiger partial charge in [0.25, 0.3) is 0 Å². The third kappa shape index (κ3) is 7.26. The Hall–Kier alpha value is -0.960. The van der Waals surface area contributed by atoms with Gasteiger partial charge in [0.05, 0.1) is 6.42 Å². The van der Waals surface area contributed by atoms with Crippen molar-refractivity contribution < 1.29 is 4.79 Å². The van der Waals surface area contributed by atoms with Crippen LogP contribution in [0.3, 0.4) is 0 Å². The third-order valence-electron chi connectivity index (χ3n) is 2.76. The van der Waals surface area contributed by atoms with Crippen molar-refractivity contribution in [3.63, 3.8) is 0 Å². The first-order chi connectivity index (χ1) is 8.90. The van der Waals surface area contributed by atoms with E-state index in [9.17, 15) is 4.79 Å². The van der Waals surface area contributed by atoms with Crippen LogP contribution in [0.2, 0.25) is 0 Å². The van der Waals surface area contributed by atoms with Crippen LogP contribution >= 0.6 is 11.8 Å². The largest absolute Gasteiger partial charge is 0.355 e. The molecule has 1 N–H and O–H groups in total. The highest BCUT2D eigenvalue weighted by molar-refractivity contribution is 8.00. The van der Waals surface area contributed by atoms with Crippen molar-refractivity contribution in [2.24, 2.45) is 0 Å². The topological polar surface area (TPSA) is 29.1 Å². The number of thioether (sulfide) groups is 1. The molecule has 0 aliphatic carbocycles. The first kappa shape index (κ1) is 16.1. The summed E-state index contributed by atoms with van der Waals surface area (Å²) in [5, 5.41) is 2.97. The molecule has 1 aromatic carbocycles. The number of carbonyl (C=O) groups is 1. The predicted molar refractivity (Wildman–Crippen MR) is 84.7 cm³/mol. The van der Waals surface area contributed by atoms with Gasteiger partial charge in [-0.3, -0.25) is 4.79 Å². The molecule has 0 saturated heterocycles. The molecule has 1 rings (SSSR count). The standard InChI is InChI=1S/C16H25NOS/c1-5-13-6-8-14(9-7-13)12-15(18)17-10-11-19-16(2,3)4/h6-9H,5,10-12H2,1-4H3,(H,17,18). The molecule has 0 radical (unpaired) electrons. The van der Waals surface area contributed by atoms with Gasteiger partial charge in [0.15, 0.2) is 0 Å². The fraction of sp³-hybridized carbons (Fsp3) is 0.562. The summed E-state index contributed by atoms with van der Waals surface area (Å²) < 4.78 is 0.265. The summed E-state index contributed by atoms with van der Waals surface area (Å²) in [6, 6.07) is 8.28. The molecule has 0 bridgehead atoms. The van der Waals surface area contributed by atoms with E-state index in [0.717, 1.165) is 24.3 Å². The van der Waals surface area contributed by atoms with Gasteiger partial charge in [0.1, 0.15) is 0 Å². The summed E-state index contributed by atoms with van der Waals surface area (Å²) in [6.07, 6.45) is 1.51. The molecule has 3 heteroatoms. The van der Waals surface area contributed by atoms with Crippen molar-refractivity contribution >= 4 is 17.7 Å². The summed E-state index contributed by atoms with van der Waals surface area (Å²) in [7, 11) is 0. The number of amides is 1. The fourth-order valence-corrected chi connectivity index (χ4v) is 2.50. The molecule has 106 valence electrons. The van der Waals surface area contributed by atoms with Crippen molar-refractivity contribution in [1.29, 1.82) is 0 Å². The van der Waals surface area contributed by atoms with Crippen molar-refractivity contribution in [1.82, 2.24) is 5.32 Å². The maximum atomic E-state index is 11.8. The first-order valence-electron chi connectivity index (χ1n) is 6.89. The van der Waals surface area contributed by atoms with Gasteiger partial charge in [-0.15, -0.1) is 0 Å². The Morgan fingerprint density at radius 3 is 2.26 bits per heavy atom. The summed E-state index contributed by atoms with van der Waals surface area (Å²) in [6.45, 7) is 9.45. The average Bonchev–Trinajstić information content (AvgIpc) is 2.34. The van der Waals surface area contributed by atoms with Gasteiger partial charge >= 0.3 is 0 Å². The van der Waals surface area contributed by atoms with Crippen molar-refractivity contribution in [3.05, 3.63) is 35.4 Å². The van der Waals surface area contributed by atoms with E-state index in [0.29, 0.717) is 6.42 Å². The average molecular weight is 279 g/mol. The molecule has 0 unspecified atom stereocenters. The van der Waals surface area contributed by atoms with Crippen molar-refractivity contribution in [2.45, 2.75) is 45.3 Å². The molecule has 0 atom stereocenters. The van der Waals surface area contributed by atoms with E-state index < -0.39 is 0 Å². The zero-order valence-electron chi connectivity index (χ0n) is 12.5. The SMILES string of the molecule is CCc1ccc(CC(=O)NCCSC(C)(C)C)cc1. The minimum Gasteiger partial charge on any atom is -0.355 e. The maximum Gasteiger partial charge on any atom is 0.224 e. The minimum atomic E-state index is 0.110. The molecule has 0 aliphatic heterocycles. The molecule has 0 spiro atoms. The Kier molecular flexibility index (Phi) is 6.43. The Morgan fingerprint density at radius 1 is 1.16 bits per heavy atom. The van der Waals surface area contributed by atoms with Gasteiger partial charge in [-0.1, -0.05) is 52.0 Å². The Balaban J connectivity index is 2.27. The lowest BCUT2D eigenvalue weighted by molar-refractivity contribution is -0.120. The van der Waals surface area contributed by atoms with Gasteiger partial charge in [0.2, 0.25) is 5.91 Å². The van der Waals surface area contributed by atoms with Gasteiger partial charge < -0.3 is 5.32 Å². The Labute approximate surface area is 121 Å². The molecule has 19 heavy (non-hydrogen) atoms. The van der Waals surface area contributed by atoms with E-state index >= 15 is 0 Å². The monoisotopic (exact) mass is 279 g/mol. The van der Waals surface area contributed by atoms with E-state index in [2.05, 4.69) is 45.1 Å². The van der Waals surface area contributed by atoms with Crippen LogP contribution in [0, 0.1) is 0 Å². The zero-order valence-corrected chi connectivity index (χ0v) is 13.3. The van der Waals surface area contributed by atoms with Crippen LogP contribution in [0.15, 0.2) is 24.3 Å². The molecule has 1 amide bonds. The molecule has 0 aromatic heterocycles. The van der Waals surface area contributed by atoms with Crippen LogP contribution in [0.5, 0.6) is 0 Å². The molecule has 0 heterocycles. The van der Waals surface area contributed by atoms with Crippen LogP contribution in [0.4, 0.5) is 0 Å². The summed E-state index contributed by atoms with van der Waals surface area (Å²) in [4.78, 5) is 11.8. The van der Waals surface area contributed by atoms with Crippen LogP contribution in [-0.2, 0) is 17.6 Å². The summed E-state index contributed by atoms with van der Waals surface area (Å²) in [5.41, 5.74) is 2.39. The number of hydrogen-bond donors (Lipinski definition) is 1. The number of carbonyl (C=O) groups excluding carboxylic acids is 1. The fourth-order valence-electron chi connectivity index (χ4n) is 1.69. The van der Waals surface area contributed by atoms with Crippen LogP contribution < -0.4 is 5.32 Å². The summed E-state index contributed by atoms with van der Waals surface area (Å²) in [5.74, 6) is 1.07. The highest BCUT2D eigenvalue weighted by atomic mass is 32.2. The second-order valence-corrected chi connectivity index (χ2v) is 7.58. The van der Waals surface area contributed by atoms with Gasteiger partial charge in [-0.05, 0) is 17.5 Å². The number of nitrogens with one attached hydrogen (secondary N) is 1. The number of rotatable bonds is 6. The first-order valence-corrected chi connectivity index (χ1v) is 7.88. The number of aryl methyl sites for hydroxylation is 1. The molecule has 0 fully saturated rings. The highest BCUT2D eigenvalue weighted by Crippen LogP contribution is 2.21. The molecular weight excluding hydrogens is 254 g/mol. The Morgan fingerprint density at radius 2 is 1.74 bits per heavy atom. The van der Waals surface area contributed by atoms with Gasteiger partial charge in [-0.2, -0.15) is 11.8 Å². The number of hydrogen-bond acceptors (Lipinski definition) is 2. The van der Waals surface area contributed by atoms with Crippen LogP contribution in [0.1, 0.15) is 38.8 Å². The van der Waals surface area contributed by atoms with Crippen LogP contribution in [-0.4, -0.2) is 23.0 Å². The quantitative estimate of drug-likeness (QED) is 0.808. The van der Waals surface area contributed by atoms with Crippen molar-refractivity contribution in [3.8, 4) is 0 Å². The van der Waals surface area contributed by atoms with E-state index in [1.165, 1.54) is 5.56 Å². The molecule has 2 nitrogen and oxygen atoms in total. The molecule has 0 saturated carbocycles. The third-order valence-corrected chi connectivity index (χ3v) is 4.03. The molecular formula is C16H25NOS. The molecule has 1 aromatic rings. The van der Waals surface area contributed by atoms with Crippen LogP contribution in [0.25, 0.3) is 0 Å². The van der Waals surface area contributed by atoms with Gasteiger partial charge in [0, 0.05) is 17.0 Å². The maximum absolute atomic E-state index is 11.8. The van der Waals surface area contributed by atoms with E-state index in [1.54, 1.807) is 0 Å². The van der Waals surface area contributed by atoms with Gasteiger partial charge in [-0.25, -0.2) is 0 Å². The van der Waals surface area contributed by atoms with E-state index in [-0.39, 0.29) is 10.7 Å². The number of benzene rings is 1. The van der Waals surface area contributed by atoms with Crippen molar-refractivity contribution in [2.75, 3.05) is 12.3 Å².